The van der Waals surface area contributed by atoms with Crippen molar-refractivity contribution in [3.05, 3.63) is 0 Å². The van der Waals surface area contributed by atoms with E-state index in [9.17, 15) is 0 Å². The quantitative estimate of drug-likeness (QED) is 0.848. The zero-order valence-corrected chi connectivity index (χ0v) is 13.1. The average Bonchev–Trinajstić information content (AvgIpc) is 2.63. The summed E-state index contributed by atoms with van der Waals surface area (Å²) in [6.07, 6.45) is 5.02. The molecule has 0 saturated carbocycles. The van der Waals surface area contributed by atoms with Gasteiger partial charge in [-0.15, -0.1) is 0 Å². The maximum Gasteiger partial charge on any atom is 0.0471 e. The number of ether oxygens (including phenoxy) is 1. The van der Waals surface area contributed by atoms with Gasteiger partial charge in [0.15, 0.2) is 0 Å². The highest BCUT2D eigenvalue weighted by atomic mass is 16.5. The Balaban J connectivity index is 1.90. The third-order valence-electron chi connectivity index (χ3n) is 5.15. The highest BCUT2D eigenvalue weighted by Gasteiger charge is 2.31. The molecule has 2 aliphatic heterocycles. The number of rotatable bonds is 4. The fraction of sp³-hybridized carbons (Fsp3) is 1.00. The summed E-state index contributed by atoms with van der Waals surface area (Å²) in [6, 6.07) is 0.677. The van der Waals surface area contributed by atoms with Crippen LogP contribution in [0.4, 0.5) is 0 Å². The van der Waals surface area contributed by atoms with E-state index in [-0.39, 0.29) is 0 Å². The number of hydrogen-bond donors (Lipinski definition) is 1. The van der Waals surface area contributed by atoms with Crippen LogP contribution in [-0.4, -0.2) is 50.3 Å². The van der Waals surface area contributed by atoms with Gasteiger partial charge in [-0.05, 0) is 43.7 Å². The second kappa shape index (κ2) is 7.05. The Morgan fingerprint density at radius 1 is 1.37 bits per heavy atom. The molecule has 2 rings (SSSR count). The zero-order valence-electron chi connectivity index (χ0n) is 13.1. The van der Waals surface area contributed by atoms with E-state index < -0.39 is 0 Å². The maximum absolute atomic E-state index is 5.52. The van der Waals surface area contributed by atoms with Gasteiger partial charge in [-0.1, -0.05) is 27.2 Å². The Kier molecular flexibility index (Phi) is 5.67. The molecule has 0 radical (unpaired) electrons. The fourth-order valence-electron chi connectivity index (χ4n) is 3.40. The van der Waals surface area contributed by atoms with Gasteiger partial charge in [0.2, 0.25) is 0 Å². The molecule has 0 aromatic rings. The predicted molar refractivity (Wildman–Crippen MR) is 80.5 cm³/mol. The van der Waals surface area contributed by atoms with Crippen LogP contribution in [0.2, 0.25) is 0 Å². The molecule has 1 N–H and O–H groups in total. The standard InChI is InChI=1S/C16H32N2O/c1-4-14(2)15-12-18(9-5-8-17-15)13-16(3)6-10-19-11-7-16/h14-15,17H,4-13H2,1-3H3. The van der Waals surface area contributed by atoms with Crippen LogP contribution in [0.25, 0.3) is 0 Å². The van der Waals surface area contributed by atoms with E-state index in [1.54, 1.807) is 0 Å². The summed E-state index contributed by atoms with van der Waals surface area (Å²) in [5.74, 6) is 0.781. The number of nitrogens with one attached hydrogen (secondary N) is 1. The van der Waals surface area contributed by atoms with E-state index in [4.69, 9.17) is 4.74 Å². The van der Waals surface area contributed by atoms with Gasteiger partial charge < -0.3 is 15.0 Å². The van der Waals surface area contributed by atoms with E-state index in [0.717, 1.165) is 19.1 Å². The minimum atomic E-state index is 0.475. The largest absolute Gasteiger partial charge is 0.381 e. The third-order valence-corrected chi connectivity index (χ3v) is 5.15. The second-order valence-corrected chi connectivity index (χ2v) is 6.96. The summed E-state index contributed by atoms with van der Waals surface area (Å²) in [6.45, 7) is 14.0. The Hall–Kier alpha value is -0.120. The van der Waals surface area contributed by atoms with Crippen LogP contribution in [0, 0.1) is 11.3 Å². The molecule has 0 spiro atoms. The van der Waals surface area contributed by atoms with Gasteiger partial charge in [-0.25, -0.2) is 0 Å². The van der Waals surface area contributed by atoms with E-state index in [2.05, 4.69) is 31.0 Å². The molecule has 0 aromatic heterocycles. The van der Waals surface area contributed by atoms with Crippen molar-refractivity contribution in [3.63, 3.8) is 0 Å². The van der Waals surface area contributed by atoms with E-state index >= 15 is 0 Å². The first-order valence-electron chi connectivity index (χ1n) is 8.16. The Morgan fingerprint density at radius 2 is 2.11 bits per heavy atom. The monoisotopic (exact) mass is 268 g/mol. The van der Waals surface area contributed by atoms with Crippen LogP contribution >= 0.6 is 0 Å². The first-order chi connectivity index (χ1) is 9.13. The minimum Gasteiger partial charge on any atom is -0.381 e. The molecular formula is C16H32N2O. The van der Waals surface area contributed by atoms with Crippen molar-refractivity contribution in [1.29, 1.82) is 0 Å². The van der Waals surface area contributed by atoms with Crippen molar-refractivity contribution in [2.75, 3.05) is 39.4 Å². The van der Waals surface area contributed by atoms with Crippen LogP contribution in [-0.2, 0) is 4.74 Å². The van der Waals surface area contributed by atoms with Gasteiger partial charge in [0, 0.05) is 32.3 Å². The summed E-state index contributed by atoms with van der Waals surface area (Å²) in [5, 5.41) is 3.75. The lowest BCUT2D eigenvalue weighted by Gasteiger charge is -2.39. The molecule has 0 bridgehead atoms. The Bertz CT molecular complexity index is 263. The van der Waals surface area contributed by atoms with Gasteiger partial charge in [-0.3, -0.25) is 0 Å². The van der Waals surface area contributed by atoms with Crippen molar-refractivity contribution < 1.29 is 4.74 Å². The van der Waals surface area contributed by atoms with Gasteiger partial charge in [0.05, 0.1) is 0 Å². The first kappa shape index (κ1) is 15.3. The van der Waals surface area contributed by atoms with Gasteiger partial charge in [0.25, 0.3) is 0 Å². The number of nitrogens with zero attached hydrogens (tertiary/aromatic N) is 1. The molecular weight excluding hydrogens is 236 g/mol. The first-order valence-corrected chi connectivity index (χ1v) is 8.16. The molecule has 2 unspecified atom stereocenters. The van der Waals surface area contributed by atoms with Crippen LogP contribution in [0.1, 0.15) is 46.5 Å². The lowest BCUT2D eigenvalue weighted by atomic mass is 9.81. The summed E-state index contributed by atoms with van der Waals surface area (Å²) >= 11 is 0. The fourth-order valence-corrected chi connectivity index (χ4v) is 3.40. The van der Waals surface area contributed by atoms with Crippen molar-refractivity contribution in [2.24, 2.45) is 11.3 Å². The van der Waals surface area contributed by atoms with E-state index in [1.165, 1.54) is 51.9 Å². The molecule has 0 aromatic carbocycles. The van der Waals surface area contributed by atoms with Crippen molar-refractivity contribution in [2.45, 2.75) is 52.5 Å². The van der Waals surface area contributed by atoms with Gasteiger partial charge in [-0.2, -0.15) is 0 Å². The predicted octanol–water partition coefficient (Wildman–Crippen LogP) is 2.51. The number of hydrogen-bond acceptors (Lipinski definition) is 3. The molecule has 2 aliphatic rings. The summed E-state index contributed by atoms with van der Waals surface area (Å²) in [5.41, 5.74) is 0.475. The Morgan fingerprint density at radius 3 is 2.79 bits per heavy atom. The summed E-state index contributed by atoms with van der Waals surface area (Å²) in [7, 11) is 0. The second-order valence-electron chi connectivity index (χ2n) is 6.96. The molecule has 3 nitrogen and oxygen atoms in total. The molecule has 3 heteroatoms. The van der Waals surface area contributed by atoms with E-state index in [1.807, 2.05) is 0 Å². The van der Waals surface area contributed by atoms with Crippen LogP contribution in [0.3, 0.4) is 0 Å². The molecule has 112 valence electrons. The topological polar surface area (TPSA) is 24.5 Å². The normalized spacial score (nSPS) is 30.8. The van der Waals surface area contributed by atoms with Crippen molar-refractivity contribution in [3.8, 4) is 0 Å². The zero-order chi connectivity index (χ0) is 13.7. The van der Waals surface area contributed by atoms with Crippen molar-refractivity contribution in [1.82, 2.24) is 10.2 Å². The summed E-state index contributed by atoms with van der Waals surface area (Å²) < 4.78 is 5.52. The van der Waals surface area contributed by atoms with Gasteiger partial charge in [0.1, 0.15) is 0 Å². The highest BCUT2D eigenvalue weighted by molar-refractivity contribution is 4.86. The third kappa shape index (κ3) is 4.44. The molecule has 2 fully saturated rings. The summed E-state index contributed by atoms with van der Waals surface area (Å²) in [4.78, 5) is 2.71. The molecule has 2 atom stereocenters. The molecule has 2 heterocycles. The highest BCUT2D eigenvalue weighted by Crippen LogP contribution is 2.31. The smallest absolute Gasteiger partial charge is 0.0471 e. The lowest BCUT2D eigenvalue weighted by molar-refractivity contribution is 0.00413. The Labute approximate surface area is 119 Å². The maximum atomic E-state index is 5.52. The van der Waals surface area contributed by atoms with E-state index in [0.29, 0.717) is 11.5 Å². The lowest BCUT2D eigenvalue weighted by Crippen LogP contribution is -2.46. The molecule has 19 heavy (non-hydrogen) atoms. The van der Waals surface area contributed by atoms with Crippen LogP contribution in [0.5, 0.6) is 0 Å². The molecule has 0 amide bonds. The van der Waals surface area contributed by atoms with Crippen molar-refractivity contribution >= 4 is 0 Å². The van der Waals surface area contributed by atoms with Crippen LogP contribution in [0.15, 0.2) is 0 Å². The SMILES string of the molecule is CCC(C)C1CN(CC2(C)CCOCC2)CCCN1. The molecule has 2 saturated heterocycles. The average molecular weight is 268 g/mol. The van der Waals surface area contributed by atoms with Crippen LogP contribution < -0.4 is 5.32 Å². The molecule has 0 aliphatic carbocycles. The minimum absolute atomic E-state index is 0.475. The van der Waals surface area contributed by atoms with Gasteiger partial charge >= 0.3 is 0 Å².